The Balaban J connectivity index is 1.51. The molecule has 0 unspecified atom stereocenters. The van der Waals surface area contributed by atoms with E-state index in [4.69, 9.17) is 4.74 Å². The molecule has 29 heavy (non-hydrogen) atoms. The number of guanidine groups is 1. The van der Waals surface area contributed by atoms with E-state index in [1.165, 1.54) is 5.56 Å². The van der Waals surface area contributed by atoms with Gasteiger partial charge in [0.2, 0.25) is 0 Å². The second-order valence-electron chi connectivity index (χ2n) is 6.84. The van der Waals surface area contributed by atoms with Crippen LogP contribution in [0.4, 0.5) is 0 Å². The number of aliphatic imine (C=N–C) groups is 1. The second kappa shape index (κ2) is 9.78. The number of nitrogens with zero attached hydrogens (tertiary/aromatic N) is 3. The number of aromatic nitrogens is 2. The molecule has 152 valence electrons. The van der Waals surface area contributed by atoms with Crippen molar-refractivity contribution < 1.29 is 4.74 Å². The van der Waals surface area contributed by atoms with Crippen LogP contribution in [0.3, 0.4) is 0 Å². The predicted molar refractivity (Wildman–Crippen MR) is 118 cm³/mol. The zero-order chi connectivity index (χ0) is 20.6. The van der Waals surface area contributed by atoms with Crippen LogP contribution in [0.25, 0.3) is 11.1 Å². The molecule has 0 aliphatic carbocycles. The lowest BCUT2D eigenvalue weighted by Gasteiger charge is -2.14. The van der Waals surface area contributed by atoms with Crippen LogP contribution in [0.2, 0.25) is 0 Å². The van der Waals surface area contributed by atoms with Gasteiger partial charge in [-0.3, -0.25) is 9.67 Å². The summed E-state index contributed by atoms with van der Waals surface area (Å²) in [6, 6.07) is 18.4. The zero-order valence-electron chi connectivity index (χ0n) is 17.6. The Morgan fingerprint density at radius 2 is 1.76 bits per heavy atom. The van der Waals surface area contributed by atoms with Crippen LogP contribution in [0.5, 0.6) is 5.75 Å². The van der Waals surface area contributed by atoms with E-state index < -0.39 is 0 Å². The number of aryl methyl sites for hydroxylation is 2. The topological polar surface area (TPSA) is 63.5 Å². The lowest BCUT2D eigenvalue weighted by molar-refractivity contribution is 0.323. The zero-order valence-corrected chi connectivity index (χ0v) is 17.6. The second-order valence-corrected chi connectivity index (χ2v) is 6.84. The lowest BCUT2D eigenvalue weighted by atomic mass is 10.1. The Labute approximate surface area is 172 Å². The largest absolute Gasteiger partial charge is 0.491 e. The van der Waals surface area contributed by atoms with Crippen molar-refractivity contribution in [2.24, 2.45) is 12.0 Å². The van der Waals surface area contributed by atoms with Gasteiger partial charge in [-0.25, -0.2) is 0 Å². The van der Waals surface area contributed by atoms with E-state index in [0.29, 0.717) is 19.7 Å². The van der Waals surface area contributed by atoms with Crippen LogP contribution < -0.4 is 15.4 Å². The minimum atomic E-state index is 0.537. The number of hydrogen-bond acceptors (Lipinski definition) is 3. The third kappa shape index (κ3) is 5.16. The van der Waals surface area contributed by atoms with Gasteiger partial charge in [-0.1, -0.05) is 48.5 Å². The van der Waals surface area contributed by atoms with Gasteiger partial charge in [0, 0.05) is 37.5 Å². The van der Waals surface area contributed by atoms with E-state index in [0.717, 1.165) is 34.2 Å². The summed E-state index contributed by atoms with van der Waals surface area (Å²) in [5.74, 6) is 1.62. The average Bonchev–Trinajstić information content (AvgIpc) is 2.99. The molecule has 2 N–H and O–H groups in total. The Kier molecular flexibility index (Phi) is 6.89. The number of nitrogens with one attached hydrogen (secondary N) is 2. The Hall–Kier alpha value is -3.28. The molecule has 6 heteroatoms. The normalized spacial score (nSPS) is 11.4. The number of para-hydroxylation sites is 1. The van der Waals surface area contributed by atoms with E-state index in [9.17, 15) is 0 Å². The summed E-state index contributed by atoms with van der Waals surface area (Å²) >= 11 is 0. The van der Waals surface area contributed by atoms with Crippen molar-refractivity contribution in [3.63, 3.8) is 0 Å². The summed E-state index contributed by atoms with van der Waals surface area (Å²) in [7, 11) is 3.73. The molecule has 1 heterocycles. The van der Waals surface area contributed by atoms with E-state index in [1.807, 2.05) is 55.1 Å². The molecule has 0 spiro atoms. The maximum absolute atomic E-state index is 6.03. The summed E-state index contributed by atoms with van der Waals surface area (Å²) in [4.78, 5) is 4.29. The number of hydrogen-bond donors (Lipinski definition) is 2. The van der Waals surface area contributed by atoms with Gasteiger partial charge in [0.05, 0.1) is 12.2 Å². The molecule has 0 radical (unpaired) electrons. The maximum Gasteiger partial charge on any atom is 0.191 e. The Morgan fingerprint density at radius 1 is 1.03 bits per heavy atom. The summed E-state index contributed by atoms with van der Waals surface area (Å²) in [5, 5.41) is 11.1. The van der Waals surface area contributed by atoms with Crippen molar-refractivity contribution in [2.45, 2.75) is 20.4 Å². The van der Waals surface area contributed by atoms with E-state index in [-0.39, 0.29) is 0 Å². The summed E-state index contributed by atoms with van der Waals surface area (Å²) < 4.78 is 7.94. The van der Waals surface area contributed by atoms with Crippen LogP contribution in [0.15, 0.2) is 59.6 Å². The van der Waals surface area contributed by atoms with Crippen molar-refractivity contribution in [1.29, 1.82) is 0 Å². The van der Waals surface area contributed by atoms with E-state index >= 15 is 0 Å². The quantitative estimate of drug-likeness (QED) is 0.368. The van der Waals surface area contributed by atoms with Crippen LogP contribution in [-0.2, 0) is 13.6 Å². The smallest absolute Gasteiger partial charge is 0.191 e. The SMILES string of the molecule is CN=C(NCCOc1ccccc1-c1ccccc1)NCc1c(C)nn(C)c1C. The van der Waals surface area contributed by atoms with Crippen molar-refractivity contribution in [2.75, 3.05) is 20.2 Å². The molecule has 6 nitrogen and oxygen atoms in total. The van der Waals surface area contributed by atoms with E-state index in [2.05, 4.69) is 45.8 Å². The average molecular weight is 392 g/mol. The molecule has 0 amide bonds. The van der Waals surface area contributed by atoms with Gasteiger partial charge >= 0.3 is 0 Å². The third-order valence-electron chi connectivity index (χ3n) is 4.94. The molecule has 0 saturated heterocycles. The molecule has 3 rings (SSSR count). The Bertz CT molecular complexity index is 963. The summed E-state index contributed by atoms with van der Waals surface area (Å²) in [6.07, 6.45) is 0. The molecule has 0 fully saturated rings. The van der Waals surface area contributed by atoms with Gasteiger partial charge < -0.3 is 15.4 Å². The van der Waals surface area contributed by atoms with Crippen molar-refractivity contribution in [3.8, 4) is 16.9 Å². The molecule has 2 aromatic carbocycles. The van der Waals surface area contributed by atoms with Gasteiger partial charge in [-0.15, -0.1) is 0 Å². The molecule has 0 bridgehead atoms. The molecular formula is C23H29N5O. The van der Waals surface area contributed by atoms with Crippen LogP contribution in [0, 0.1) is 13.8 Å². The first kappa shape index (κ1) is 20.5. The van der Waals surface area contributed by atoms with Gasteiger partial charge in [-0.05, 0) is 25.5 Å². The van der Waals surface area contributed by atoms with Gasteiger partial charge in [-0.2, -0.15) is 5.10 Å². The van der Waals surface area contributed by atoms with Crippen LogP contribution in [-0.4, -0.2) is 35.9 Å². The van der Waals surface area contributed by atoms with Gasteiger partial charge in [0.15, 0.2) is 5.96 Å². The van der Waals surface area contributed by atoms with Gasteiger partial charge in [0.1, 0.15) is 12.4 Å². The predicted octanol–water partition coefficient (Wildman–Crippen LogP) is 3.45. The van der Waals surface area contributed by atoms with Crippen molar-refractivity contribution in [1.82, 2.24) is 20.4 Å². The monoisotopic (exact) mass is 391 g/mol. The lowest BCUT2D eigenvalue weighted by Crippen LogP contribution is -2.39. The Morgan fingerprint density at radius 3 is 2.45 bits per heavy atom. The highest BCUT2D eigenvalue weighted by Gasteiger charge is 2.10. The number of benzene rings is 2. The maximum atomic E-state index is 6.03. The number of ether oxygens (including phenoxy) is 1. The fourth-order valence-electron chi connectivity index (χ4n) is 3.25. The molecule has 3 aromatic rings. The highest BCUT2D eigenvalue weighted by molar-refractivity contribution is 5.79. The highest BCUT2D eigenvalue weighted by Crippen LogP contribution is 2.29. The first-order chi connectivity index (χ1) is 14.1. The van der Waals surface area contributed by atoms with E-state index in [1.54, 1.807) is 7.05 Å². The molecule has 0 aliphatic rings. The van der Waals surface area contributed by atoms with Crippen LogP contribution in [0.1, 0.15) is 17.0 Å². The molecule has 0 aliphatic heterocycles. The van der Waals surface area contributed by atoms with Crippen molar-refractivity contribution in [3.05, 3.63) is 71.5 Å². The summed E-state index contributed by atoms with van der Waals surface area (Å²) in [5.41, 5.74) is 5.64. The highest BCUT2D eigenvalue weighted by atomic mass is 16.5. The summed E-state index contributed by atoms with van der Waals surface area (Å²) in [6.45, 7) is 5.97. The standard InChI is InChI=1S/C23H29N5O/c1-17-21(18(2)28(4)27-17)16-26-23(24-3)25-14-15-29-22-13-9-8-12-20(22)19-10-6-5-7-11-19/h5-13H,14-16H2,1-4H3,(H2,24,25,26). The first-order valence-corrected chi connectivity index (χ1v) is 9.81. The third-order valence-corrected chi connectivity index (χ3v) is 4.94. The molecule has 1 aromatic heterocycles. The molecular weight excluding hydrogens is 362 g/mol. The molecule has 0 atom stereocenters. The van der Waals surface area contributed by atoms with Gasteiger partial charge in [0.25, 0.3) is 0 Å². The fraction of sp³-hybridized carbons (Fsp3) is 0.304. The van der Waals surface area contributed by atoms with Crippen molar-refractivity contribution >= 4 is 5.96 Å². The first-order valence-electron chi connectivity index (χ1n) is 9.81. The minimum absolute atomic E-state index is 0.537. The fourth-order valence-corrected chi connectivity index (χ4v) is 3.25. The minimum Gasteiger partial charge on any atom is -0.491 e. The number of rotatable bonds is 7. The van der Waals surface area contributed by atoms with Crippen LogP contribution >= 0.6 is 0 Å². The molecule has 0 saturated carbocycles.